The predicted molar refractivity (Wildman–Crippen MR) is 69.0 cm³/mol. The standard InChI is InChI=1S/C12H22O4S/c1-5-16-11(14)12(2,3)7-6-8-17-9-10(13)15-4/h5-9H2,1-4H3. The fourth-order valence-electron chi connectivity index (χ4n) is 1.26. The highest BCUT2D eigenvalue weighted by Crippen LogP contribution is 2.25. The molecule has 0 rings (SSSR count). The monoisotopic (exact) mass is 262 g/mol. The number of esters is 2. The Bertz CT molecular complexity index is 251. The molecule has 0 fully saturated rings. The lowest BCUT2D eigenvalue weighted by atomic mass is 9.88. The Morgan fingerprint density at radius 3 is 2.47 bits per heavy atom. The molecule has 17 heavy (non-hydrogen) atoms. The molecule has 0 aliphatic rings. The summed E-state index contributed by atoms with van der Waals surface area (Å²) in [5, 5.41) is 0. The first-order chi connectivity index (χ1) is 7.94. The number of rotatable bonds is 8. The molecule has 0 saturated heterocycles. The van der Waals surface area contributed by atoms with Crippen LogP contribution in [0.3, 0.4) is 0 Å². The molecule has 0 aromatic heterocycles. The minimum absolute atomic E-state index is 0.155. The maximum Gasteiger partial charge on any atom is 0.315 e. The van der Waals surface area contributed by atoms with Gasteiger partial charge in [-0.1, -0.05) is 0 Å². The van der Waals surface area contributed by atoms with Crippen LogP contribution < -0.4 is 0 Å². The number of thioether (sulfide) groups is 1. The van der Waals surface area contributed by atoms with Crippen molar-refractivity contribution in [2.45, 2.75) is 33.6 Å². The summed E-state index contributed by atoms with van der Waals surface area (Å²) < 4.78 is 9.53. The number of carbonyl (C=O) groups is 2. The van der Waals surface area contributed by atoms with Crippen LogP contribution in [0, 0.1) is 5.41 Å². The van der Waals surface area contributed by atoms with Crippen molar-refractivity contribution in [1.82, 2.24) is 0 Å². The van der Waals surface area contributed by atoms with E-state index in [9.17, 15) is 9.59 Å². The van der Waals surface area contributed by atoms with Crippen molar-refractivity contribution >= 4 is 23.7 Å². The average molecular weight is 262 g/mol. The minimum Gasteiger partial charge on any atom is -0.468 e. The highest BCUT2D eigenvalue weighted by atomic mass is 32.2. The molecule has 5 heteroatoms. The van der Waals surface area contributed by atoms with E-state index in [-0.39, 0.29) is 11.9 Å². The smallest absolute Gasteiger partial charge is 0.315 e. The molecular weight excluding hydrogens is 240 g/mol. The maximum absolute atomic E-state index is 11.6. The van der Waals surface area contributed by atoms with Gasteiger partial charge in [0.1, 0.15) is 0 Å². The van der Waals surface area contributed by atoms with Crippen LogP contribution in [0.1, 0.15) is 33.6 Å². The number of methoxy groups -OCH3 is 1. The van der Waals surface area contributed by atoms with Gasteiger partial charge in [-0.05, 0) is 39.4 Å². The van der Waals surface area contributed by atoms with Crippen molar-refractivity contribution in [3.05, 3.63) is 0 Å². The van der Waals surface area contributed by atoms with Crippen LogP contribution in [-0.2, 0) is 19.1 Å². The average Bonchev–Trinajstić information content (AvgIpc) is 2.28. The van der Waals surface area contributed by atoms with E-state index >= 15 is 0 Å². The molecule has 0 radical (unpaired) electrons. The number of hydrogen-bond donors (Lipinski definition) is 0. The Morgan fingerprint density at radius 2 is 1.94 bits per heavy atom. The van der Waals surface area contributed by atoms with Crippen LogP contribution in [0.2, 0.25) is 0 Å². The van der Waals surface area contributed by atoms with Crippen LogP contribution in [-0.4, -0.2) is 37.2 Å². The molecule has 0 atom stereocenters. The third-order valence-electron chi connectivity index (χ3n) is 2.37. The number of hydrogen-bond acceptors (Lipinski definition) is 5. The Balaban J connectivity index is 3.72. The molecule has 0 heterocycles. The second-order valence-electron chi connectivity index (χ2n) is 4.34. The summed E-state index contributed by atoms with van der Waals surface area (Å²) in [6.07, 6.45) is 1.65. The molecule has 0 saturated carbocycles. The van der Waals surface area contributed by atoms with Crippen LogP contribution in [0.15, 0.2) is 0 Å². The van der Waals surface area contributed by atoms with Gasteiger partial charge in [0.05, 0.1) is 24.9 Å². The lowest BCUT2D eigenvalue weighted by molar-refractivity contribution is -0.153. The van der Waals surface area contributed by atoms with E-state index < -0.39 is 5.41 Å². The summed E-state index contributed by atoms with van der Waals surface area (Å²) in [4.78, 5) is 22.4. The fraction of sp³-hybridized carbons (Fsp3) is 0.833. The highest BCUT2D eigenvalue weighted by Gasteiger charge is 2.28. The van der Waals surface area contributed by atoms with Gasteiger partial charge in [-0.15, -0.1) is 0 Å². The van der Waals surface area contributed by atoms with Gasteiger partial charge in [0.2, 0.25) is 0 Å². The van der Waals surface area contributed by atoms with E-state index in [1.165, 1.54) is 18.9 Å². The van der Waals surface area contributed by atoms with Gasteiger partial charge in [0.15, 0.2) is 0 Å². The third-order valence-corrected chi connectivity index (χ3v) is 3.38. The summed E-state index contributed by atoms with van der Waals surface area (Å²) in [5.74, 6) is 0.853. The molecule has 0 aromatic carbocycles. The number of carbonyl (C=O) groups excluding carboxylic acids is 2. The molecule has 0 spiro atoms. The second kappa shape index (κ2) is 8.39. The van der Waals surface area contributed by atoms with Gasteiger partial charge in [0, 0.05) is 0 Å². The summed E-state index contributed by atoms with van der Waals surface area (Å²) in [7, 11) is 1.38. The number of ether oxygens (including phenoxy) is 2. The molecular formula is C12H22O4S. The molecule has 0 unspecified atom stereocenters. The Kier molecular flexibility index (Phi) is 8.04. The fourth-order valence-corrected chi connectivity index (χ4v) is 2.04. The van der Waals surface area contributed by atoms with Gasteiger partial charge in [0.25, 0.3) is 0 Å². The van der Waals surface area contributed by atoms with Gasteiger partial charge >= 0.3 is 11.9 Å². The van der Waals surface area contributed by atoms with E-state index in [4.69, 9.17) is 4.74 Å². The summed E-state index contributed by atoms with van der Waals surface area (Å²) in [6, 6.07) is 0. The first kappa shape index (κ1) is 16.3. The Labute approximate surface area is 107 Å². The molecule has 0 bridgehead atoms. The molecule has 0 aliphatic heterocycles. The lowest BCUT2D eigenvalue weighted by Gasteiger charge is -2.21. The quantitative estimate of drug-likeness (QED) is 0.496. The Morgan fingerprint density at radius 1 is 1.29 bits per heavy atom. The predicted octanol–water partition coefficient (Wildman–Crippen LogP) is 2.26. The zero-order valence-corrected chi connectivity index (χ0v) is 11.9. The largest absolute Gasteiger partial charge is 0.468 e. The van der Waals surface area contributed by atoms with Gasteiger partial charge < -0.3 is 9.47 Å². The summed E-state index contributed by atoms with van der Waals surface area (Å²) in [6.45, 7) is 5.99. The highest BCUT2D eigenvalue weighted by molar-refractivity contribution is 7.99. The van der Waals surface area contributed by atoms with Crippen LogP contribution >= 0.6 is 11.8 Å². The molecule has 100 valence electrons. The van der Waals surface area contributed by atoms with Crippen molar-refractivity contribution in [2.24, 2.45) is 5.41 Å². The van der Waals surface area contributed by atoms with Crippen LogP contribution in [0.4, 0.5) is 0 Å². The van der Waals surface area contributed by atoms with Crippen molar-refractivity contribution in [2.75, 3.05) is 25.2 Å². The molecule has 4 nitrogen and oxygen atoms in total. The maximum atomic E-state index is 11.6. The van der Waals surface area contributed by atoms with Crippen LogP contribution in [0.5, 0.6) is 0 Å². The molecule has 0 N–H and O–H groups in total. The zero-order chi connectivity index (χ0) is 13.3. The van der Waals surface area contributed by atoms with Gasteiger partial charge in [-0.2, -0.15) is 11.8 Å². The topological polar surface area (TPSA) is 52.6 Å². The van der Waals surface area contributed by atoms with E-state index in [1.54, 1.807) is 6.92 Å². The summed E-state index contributed by atoms with van der Waals surface area (Å²) in [5.41, 5.74) is -0.443. The van der Waals surface area contributed by atoms with Crippen molar-refractivity contribution in [1.29, 1.82) is 0 Å². The molecule has 0 amide bonds. The summed E-state index contributed by atoms with van der Waals surface area (Å²) >= 11 is 1.53. The van der Waals surface area contributed by atoms with Crippen molar-refractivity contribution < 1.29 is 19.1 Å². The van der Waals surface area contributed by atoms with Crippen molar-refractivity contribution in [3.63, 3.8) is 0 Å². The van der Waals surface area contributed by atoms with E-state index in [1.807, 2.05) is 13.8 Å². The molecule has 0 aromatic rings. The zero-order valence-electron chi connectivity index (χ0n) is 11.1. The second-order valence-corrected chi connectivity index (χ2v) is 5.44. The van der Waals surface area contributed by atoms with Crippen molar-refractivity contribution in [3.8, 4) is 0 Å². The van der Waals surface area contributed by atoms with E-state index in [0.717, 1.165) is 18.6 Å². The van der Waals surface area contributed by atoms with Crippen LogP contribution in [0.25, 0.3) is 0 Å². The third kappa shape index (κ3) is 7.26. The van der Waals surface area contributed by atoms with Gasteiger partial charge in [-0.25, -0.2) is 0 Å². The Hall–Kier alpha value is -0.710. The normalized spacial score (nSPS) is 11.1. The van der Waals surface area contributed by atoms with E-state index in [2.05, 4.69) is 4.74 Å². The lowest BCUT2D eigenvalue weighted by Crippen LogP contribution is -2.26. The first-order valence-corrected chi connectivity index (χ1v) is 6.91. The SMILES string of the molecule is CCOC(=O)C(C)(C)CCCSCC(=O)OC. The molecule has 0 aliphatic carbocycles. The first-order valence-electron chi connectivity index (χ1n) is 5.75. The minimum atomic E-state index is -0.443. The van der Waals surface area contributed by atoms with E-state index in [0.29, 0.717) is 12.4 Å². The van der Waals surface area contributed by atoms with Gasteiger partial charge in [-0.3, -0.25) is 9.59 Å².